The summed E-state index contributed by atoms with van der Waals surface area (Å²) in [5.74, 6) is 0. The Labute approximate surface area is 154 Å². The molecule has 1 nitrogen and oxygen atoms in total. The molecule has 2 aromatic carbocycles. The average molecular weight is 378 g/mol. The van der Waals surface area contributed by atoms with E-state index < -0.39 is 17.0 Å². The van der Waals surface area contributed by atoms with Crippen molar-refractivity contribution in [2.45, 2.75) is 13.3 Å². The van der Waals surface area contributed by atoms with Gasteiger partial charge in [0.05, 0.1) is 0 Å². The zero-order valence-corrected chi connectivity index (χ0v) is 15.9. The van der Waals surface area contributed by atoms with Crippen LogP contribution in [0.3, 0.4) is 0 Å². The van der Waals surface area contributed by atoms with Crippen LogP contribution in [-0.2, 0) is 17.0 Å². The number of nitrogens with zero attached hydrogens (tertiary/aromatic N) is 1. The smallest absolute Gasteiger partial charge is 0.00705 e. The molecule has 4 heteroatoms. The van der Waals surface area contributed by atoms with Gasteiger partial charge in [-0.1, -0.05) is 13.0 Å². The largest absolute Gasteiger partial charge is 0.342 e. The summed E-state index contributed by atoms with van der Waals surface area (Å²) >= 11 is -0.556. The summed E-state index contributed by atoms with van der Waals surface area (Å²) in [6, 6.07) is 16.9. The van der Waals surface area contributed by atoms with Crippen LogP contribution >= 0.6 is 18.6 Å². The molecule has 4 rings (SSSR count). The van der Waals surface area contributed by atoms with Crippen LogP contribution in [0.15, 0.2) is 78.6 Å². The van der Waals surface area contributed by atoms with E-state index in [0.29, 0.717) is 0 Å². The van der Waals surface area contributed by atoms with Crippen molar-refractivity contribution in [1.82, 2.24) is 4.57 Å². The summed E-state index contributed by atoms with van der Waals surface area (Å²) < 4.78 is 2.12. The molecule has 1 aliphatic rings. The van der Waals surface area contributed by atoms with Crippen LogP contribution in [0, 0.1) is 6.08 Å². The molecule has 3 aromatic rings. The van der Waals surface area contributed by atoms with E-state index in [9.17, 15) is 0 Å². The standard InChI is InChI=1S/C13H10N.C6H7.2ClH.Ti/c1-2-6-12-10-13(9-11(12)5-1)14-7-3-4-8-14;1-6-4-2-3-5-6;;;/h1-10H;2,4H,3H2,1H3;2*1H;/q2*-1;;;+2/p-2. The van der Waals surface area contributed by atoms with Gasteiger partial charge in [0.25, 0.3) is 0 Å². The van der Waals surface area contributed by atoms with Gasteiger partial charge in [-0.25, -0.2) is 11.6 Å². The van der Waals surface area contributed by atoms with Gasteiger partial charge in [0, 0.05) is 12.4 Å². The van der Waals surface area contributed by atoms with Crippen LogP contribution in [0.4, 0.5) is 0 Å². The predicted molar refractivity (Wildman–Crippen MR) is 96.8 cm³/mol. The molecular formula is C19H17Cl2NTi-2. The van der Waals surface area contributed by atoms with Crippen molar-refractivity contribution in [1.29, 1.82) is 0 Å². The number of fused-ring (bicyclic) bond motifs is 1. The van der Waals surface area contributed by atoms with Crippen LogP contribution in [0.5, 0.6) is 0 Å². The molecule has 1 aromatic heterocycles. The first-order valence-electron chi connectivity index (χ1n) is 7.23. The van der Waals surface area contributed by atoms with Gasteiger partial charge in [-0.05, 0) is 17.8 Å². The Balaban J connectivity index is 0.000000178. The molecule has 118 valence electrons. The third-order valence-corrected chi connectivity index (χ3v) is 3.37. The fourth-order valence-corrected chi connectivity index (χ4v) is 2.30. The Bertz CT molecular complexity index is 734. The van der Waals surface area contributed by atoms with Crippen molar-refractivity contribution in [3.8, 4) is 5.69 Å². The summed E-state index contributed by atoms with van der Waals surface area (Å²) in [5, 5.41) is 2.60. The van der Waals surface area contributed by atoms with E-state index in [1.165, 1.54) is 22.0 Å². The topological polar surface area (TPSA) is 4.93 Å². The van der Waals surface area contributed by atoms with E-state index in [1.807, 2.05) is 12.1 Å². The summed E-state index contributed by atoms with van der Waals surface area (Å²) in [6.45, 7) is 2.06. The van der Waals surface area contributed by atoms with Crippen LogP contribution in [-0.4, -0.2) is 4.57 Å². The molecule has 1 aliphatic carbocycles. The number of halogens is 2. The van der Waals surface area contributed by atoms with Crippen molar-refractivity contribution in [3.05, 3.63) is 84.7 Å². The molecule has 0 spiro atoms. The molecule has 0 atom stereocenters. The summed E-state index contributed by atoms with van der Waals surface area (Å²) in [6.07, 6.45) is 12.5. The van der Waals surface area contributed by atoms with Crippen LogP contribution in [0.2, 0.25) is 0 Å². The molecule has 0 unspecified atom stereocenters. The first-order chi connectivity index (χ1) is 11.2. The minimum absolute atomic E-state index is 0.556. The van der Waals surface area contributed by atoms with Gasteiger partial charge in [-0.2, -0.15) is 6.08 Å². The second-order valence-electron chi connectivity index (χ2n) is 4.97. The molecule has 23 heavy (non-hydrogen) atoms. The fourth-order valence-electron chi connectivity index (χ4n) is 2.30. The fraction of sp³-hybridized carbons (Fsp3) is 0.105. The molecule has 0 N–H and O–H groups in total. The Hall–Kier alpha value is -1.12. The number of rotatable bonds is 1. The van der Waals surface area contributed by atoms with E-state index in [4.69, 9.17) is 18.6 Å². The van der Waals surface area contributed by atoms with E-state index in [0.717, 1.165) is 6.42 Å². The van der Waals surface area contributed by atoms with Gasteiger partial charge in [0.15, 0.2) is 0 Å². The van der Waals surface area contributed by atoms with Crippen molar-refractivity contribution >= 4 is 29.4 Å². The molecule has 0 amide bonds. The first kappa shape index (κ1) is 18.2. The zero-order chi connectivity index (χ0) is 16.5. The maximum atomic E-state index is 4.89. The third kappa shape index (κ3) is 5.78. The predicted octanol–water partition coefficient (Wildman–Crippen LogP) is 6.42. The van der Waals surface area contributed by atoms with Crippen molar-refractivity contribution < 1.29 is 17.0 Å². The van der Waals surface area contributed by atoms with E-state index in [2.05, 4.69) is 78.5 Å². The molecular weight excluding hydrogens is 361 g/mol. The SMILES string of the molecule is CC1=[C-]CC=C1.[Cl][Ti][Cl].c1ccc2[cH-]c(-n3cccc3)cc2c1. The van der Waals surface area contributed by atoms with E-state index in [1.54, 1.807) is 0 Å². The summed E-state index contributed by atoms with van der Waals surface area (Å²) in [5.41, 5.74) is 2.51. The Morgan fingerprint density at radius 1 is 1.13 bits per heavy atom. The van der Waals surface area contributed by atoms with Crippen LogP contribution < -0.4 is 0 Å². The Kier molecular flexibility index (Phi) is 7.84. The van der Waals surface area contributed by atoms with Crippen molar-refractivity contribution in [2.24, 2.45) is 0 Å². The average Bonchev–Trinajstić information content (AvgIpc) is 3.29. The molecule has 0 aliphatic heterocycles. The Morgan fingerprint density at radius 2 is 1.83 bits per heavy atom. The van der Waals surface area contributed by atoms with Crippen LogP contribution in [0.1, 0.15) is 13.3 Å². The minimum atomic E-state index is -0.556. The van der Waals surface area contributed by atoms with Gasteiger partial charge in [0.1, 0.15) is 0 Å². The second kappa shape index (κ2) is 9.90. The maximum absolute atomic E-state index is 4.89. The number of allylic oxidation sites excluding steroid dienone is 4. The molecule has 0 bridgehead atoms. The Morgan fingerprint density at radius 3 is 2.35 bits per heavy atom. The van der Waals surface area contributed by atoms with Gasteiger partial charge in [0.2, 0.25) is 0 Å². The van der Waals surface area contributed by atoms with E-state index >= 15 is 0 Å². The molecule has 0 radical (unpaired) electrons. The number of benzene rings is 1. The molecule has 1 heterocycles. The summed E-state index contributed by atoms with van der Waals surface area (Å²) in [4.78, 5) is 0. The van der Waals surface area contributed by atoms with Gasteiger partial charge >= 0.3 is 35.6 Å². The molecule has 0 fully saturated rings. The van der Waals surface area contributed by atoms with Gasteiger partial charge < -0.3 is 4.57 Å². The monoisotopic (exact) mass is 377 g/mol. The molecule has 0 saturated carbocycles. The number of hydrogen-bond acceptors (Lipinski definition) is 0. The number of hydrogen-bond donors (Lipinski definition) is 0. The van der Waals surface area contributed by atoms with Crippen molar-refractivity contribution in [2.75, 3.05) is 0 Å². The quantitative estimate of drug-likeness (QED) is 0.340. The maximum Gasteiger partial charge on any atom is 0.00705 e. The first-order valence-corrected chi connectivity index (χ1v) is 11.5. The zero-order valence-electron chi connectivity index (χ0n) is 12.8. The minimum Gasteiger partial charge on any atom is -0.342 e. The number of aromatic nitrogens is 1. The van der Waals surface area contributed by atoms with Gasteiger partial charge in [-0.15, -0.1) is 47.5 Å². The molecule has 0 saturated heterocycles. The van der Waals surface area contributed by atoms with Gasteiger partial charge in [-0.3, -0.25) is 6.08 Å². The van der Waals surface area contributed by atoms with Crippen molar-refractivity contribution in [3.63, 3.8) is 0 Å². The van der Waals surface area contributed by atoms with Crippen LogP contribution in [0.25, 0.3) is 16.5 Å². The summed E-state index contributed by atoms with van der Waals surface area (Å²) in [7, 11) is 9.78. The normalized spacial score (nSPS) is 12.0. The second-order valence-corrected chi connectivity index (χ2v) is 7.55. The third-order valence-electron chi connectivity index (χ3n) is 3.37. The van der Waals surface area contributed by atoms with E-state index in [-0.39, 0.29) is 0 Å².